The number of halogens is 2. The van der Waals surface area contributed by atoms with E-state index in [0.29, 0.717) is 0 Å². The summed E-state index contributed by atoms with van der Waals surface area (Å²) in [7, 11) is 0. The lowest BCUT2D eigenvalue weighted by atomic mass is 10.1. The van der Waals surface area contributed by atoms with Crippen molar-refractivity contribution in [2.75, 3.05) is 5.32 Å². The molecule has 94 valence electrons. The number of rotatable bonds is 3. The first-order valence-corrected chi connectivity index (χ1v) is 7.02. The lowest BCUT2D eigenvalue weighted by Crippen LogP contribution is -2.07. The SMILES string of the molecule is Cc1ccc(C(C)Nc2cccc(Cl)c2Br)cc1. The van der Waals surface area contributed by atoms with Crippen molar-refractivity contribution in [2.24, 2.45) is 0 Å². The van der Waals surface area contributed by atoms with Crippen molar-refractivity contribution >= 4 is 33.2 Å². The largest absolute Gasteiger partial charge is 0.378 e. The van der Waals surface area contributed by atoms with Crippen LogP contribution in [0.4, 0.5) is 5.69 Å². The quantitative estimate of drug-likeness (QED) is 0.776. The van der Waals surface area contributed by atoms with E-state index in [-0.39, 0.29) is 6.04 Å². The molecular formula is C15H15BrClN. The molecule has 0 spiro atoms. The van der Waals surface area contributed by atoms with Crippen molar-refractivity contribution in [1.82, 2.24) is 0 Å². The van der Waals surface area contributed by atoms with Crippen LogP contribution in [-0.2, 0) is 0 Å². The Kier molecular flexibility index (Phi) is 4.31. The summed E-state index contributed by atoms with van der Waals surface area (Å²) in [5.41, 5.74) is 3.54. The Labute approximate surface area is 121 Å². The molecule has 2 rings (SSSR count). The summed E-state index contributed by atoms with van der Waals surface area (Å²) in [6.45, 7) is 4.23. The van der Waals surface area contributed by atoms with Crippen LogP contribution in [0.15, 0.2) is 46.9 Å². The van der Waals surface area contributed by atoms with Gasteiger partial charge in [-0.1, -0.05) is 47.5 Å². The zero-order valence-corrected chi connectivity index (χ0v) is 12.7. The molecule has 1 atom stereocenters. The lowest BCUT2D eigenvalue weighted by molar-refractivity contribution is 0.883. The molecule has 0 saturated heterocycles. The Morgan fingerprint density at radius 1 is 1.11 bits per heavy atom. The molecule has 0 aliphatic heterocycles. The van der Waals surface area contributed by atoms with E-state index in [9.17, 15) is 0 Å². The van der Waals surface area contributed by atoms with E-state index in [1.165, 1.54) is 11.1 Å². The van der Waals surface area contributed by atoms with Crippen LogP contribution in [0.2, 0.25) is 5.02 Å². The average molecular weight is 325 g/mol. The molecule has 1 N–H and O–H groups in total. The number of hydrogen-bond donors (Lipinski definition) is 1. The van der Waals surface area contributed by atoms with Crippen molar-refractivity contribution in [3.8, 4) is 0 Å². The van der Waals surface area contributed by atoms with Crippen LogP contribution in [0.3, 0.4) is 0 Å². The number of nitrogens with one attached hydrogen (secondary N) is 1. The van der Waals surface area contributed by atoms with E-state index < -0.39 is 0 Å². The minimum atomic E-state index is 0.236. The monoisotopic (exact) mass is 323 g/mol. The predicted molar refractivity (Wildman–Crippen MR) is 82.4 cm³/mol. The van der Waals surface area contributed by atoms with E-state index >= 15 is 0 Å². The molecule has 0 aliphatic carbocycles. The van der Waals surface area contributed by atoms with Gasteiger partial charge in [-0.2, -0.15) is 0 Å². The summed E-state index contributed by atoms with van der Waals surface area (Å²) in [6, 6.07) is 14.6. The zero-order chi connectivity index (χ0) is 13.1. The van der Waals surface area contributed by atoms with Crippen molar-refractivity contribution in [1.29, 1.82) is 0 Å². The topological polar surface area (TPSA) is 12.0 Å². The van der Waals surface area contributed by atoms with Gasteiger partial charge in [-0.15, -0.1) is 0 Å². The van der Waals surface area contributed by atoms with Crippen LogP contribution < -0.4 is 5.32 Å². The summed E-state index contributed by atoms with van der Waals surface area (Å²) < 4.78 is 0.908. The molecule has 0 bridgehead atoms. The van der Waals surface area contributed by atoms with Gasteiger partial charge in [0.2, 0.25) is 0 Å². The summed E-state index contributed by atoms with van der Waals surface area (Å²) >= 11 is 9.58. The third-order valence-corrected chi connectivity index (χ3v) is 4.30. The van der Waals surface area contributed by atoms with Gasteiger partial charge in [0.25, 0.3) is 0 Å². The van der Waals surface area contributed by atoms with Crippen molar-refractivity contribution in [2.45, 2.75) is 19.9 Å². The van der Waals surface area contributed by atoms with E-state index in [1.807, 2.05) is 18.2 Å². The Bertz CT molecular complexity index is 537. The molecule has 0 amide bonds. The Balaban J connectivity index is 2.18. The zero-order valence-electron chi connectivity index (χ0n) is 10.4. The molecule has 2 aromatic carbocycles. The van der Waals surface area contributed by atoms with Gasteiger partial charge >= 0.3 is 0 Å². The third-order valence-electron chi connectivity index (χ3n) is 2.90. The van der Waals surface area contributed by atoms with E-state index in [2.05, 4.69) is 59.4 Å². The highest BCUT2D eigenvalue weighted by Gasteiger charge is 2.08. The van der Waals surface area contributed by atoms with Crippen LogP contribution in [0, 0.1) is 6.92 Å². The average Bonchev–Trinajstić information content (AvgIpc) is 2.36. The van der Waals surface area contributed by atoms with Crippen LogP contribution in [0.25, 0.3) is 0 Å². The van der Waals surface area contributed by atoms with Gasteiger partial charge < -0.3 is 5.32 Å². The second-order valence-corrected chi connectivity index (χ2v) is 5.58. The second kappa shape index (κ2) is 5.77. The minimum Gasteiger partial charge on any atom is -0.378 e. The molecule has 18 heavy (non-hydrogen) atoms. The van der Waals surface area contributed by atoms with Crippen molar-refractivity contribution in [3.63, 3.8) is 0 Å². The van der Waals surface area contributed by atoms with Gasteiger partial charge in [0.1, 0.15) is 0 Å². The van der Waals surface area contributed by atoms with Gasteiger partial charge in [-0.25, -0.2) is 0 Å². The number of aryl methyl sites for hydroxylation is 1. The molecule has 0 fully saturated rings. The molecule has 2 aromatic rings. The van der Waals surface area contributed by atoms with Gasteiger partial charge in [-0.05, 0) is 47.5 Å². The lowest BCUT2D eigenvalue weighted by Gasteiger charge is -2.17. The molecule has 0 radical (unpaired) electrons. The molecular weight excluding hydrogens is 310 g/mol. The predicted octanol–water partition coefficient (Wildman–Crippen LogP) is 5.58. The van der Waals surface area contributed by atoms with Crippen molar-refractivity contribution in [3.05, 3.63) is 63.1 Å². The molecule has 1 nitrogen and oxygen atoms in total. The first-order chi connectivity index (χ1) is 8.58. The molecule has 0 saturated carbocycles. The maximum atomic E-state index is 6.08. The summed E-state index contributed by atoms with van der Waals surface area (Å²) in [6.07, 6.45) is 0. The van der Waals surface area contributed by atoms with Crippen molar-refractivity contribution < 1.29 is 0 Å². The molecule has 0 aromatic heterocycles. The number of hydrogen-bond acceptors (Lipinski definition) is 1. The van der Waals surface area contributed by atoms with Crippen LogP contribution in [0.5, 0.6) is 0 Å². The first kappa shape index (κ1) is 13.4. The van der Waals surface area contributed by atoms with Gasteiger partial charge in [0.05, 0.1) is 15.2 Å². The highest BCUT2D eigenvalue weighted by Crippen LogP contribution is 2.32. The second-order valence-electron chi connectivity index (χ2n) is 4.38. The van der Waals surface area contributed by atoms with E-state index in [4.69, 9.17) is 11.6 Å². The van der Waals surface area contributed by atoms with Gasteiger partial charge in [0, 0.05) is 6.04 Å². The summed E-state index contributed by atoms with van der Waals surface area (Å²) in [5, 5.41) is 4.17. The van der Waals surface area contributed by atoms with Gasteiger partial charge in [-0.3, -0.25) is 0 Å². The molecule has 0 heterocycles. The summed E-state index contributed by atoms with van der Waals surface area (Å²) in [5.74, 6) is 0. The van der Waals surface area contributed by atoms with Gasteiger partial charge in [0.15, 0.2) is 0 Å². The molecule has 1 unspecified atom stereocenters. The molecule has 3 heteroatoms. The Hall–Kier alpha value is -0.990. The standard InChI is InChI=1S/C15H15BrClN/c1-10-6-8-12(9-7-10)11(2)18-14-5-3-4-13(17)15(14)16/h3-9,11,18H,1-2H3. The maximum Gasteiger partial charge on any atom is 0.0593 e. The highest BCUT2D eigenvalue weighted by molar-refractivity contribution is 9.10. The molecule has 0 aliphatic rings. The summed E-state index contributed by atoms with van der Waals surface area (Å²) in [4.78, 5) is 0. The fourth-order valence-corrected chi connectivity index (χ4v) is 2.34. The normalized spacial score (nSPS) is 12.2. The Morgan fingerprint density at radius 2 is 1.78 bits per heavy atom. The minimum absolute atomic E-state index is 0.236. The maximum absolute atomic E-state index is 6.08. The fraction of sp³-hybridized carbons (Fsp3) is 0.200. The number of benzene rings is 2. The van der Waals surface area contributed by atoms with E-state index in [0.717, 1.165) is 15.2 Å². The van der Waals surface area contributed by atoms with Crippen LogP contribution in [-0.4, -0.2) is 0 Å². The smallest absolute Gasteiger partial charge is 0.0593 e. The first-order valence-electron chi connectivity index (χ1n) is 5.85. The highest BCUT2D eigenvalue weighted by atomic mass is 79.9. The Morgan fingerprint density at radius 3 is 2.44 bits per heavy atom. The van der Waals surface area contributed by atoms with Crippen LogP contribution >= 0.6 is 27.5 Å². The van der Waals surface area contributed by atoms with E-state index in [1.54, 1.807) is 0 Å². The van der Waals surface area contributed by atoms with Crippen LogP contribution in [0.1, 0.15) is 24.1 Å². The fourth-order valence-electron chi connectivity index (χ4n) is 1.79. The third kappa shape index (κ3) is 3.06. The number of anilines is 1.